The Labute approximate surface area is 192 Å². The Morgan fingerprint density at radius 2 is 1.73 bits per heavy atom. The first-order valence-corrected chi connectivity index (χ1v) is 11.7. The number of rotatable bonds is 3. The number of hydrogen-bond donors (Lipinski definition) is 0. The van der Waals surface area contributed by atoms with E-state index in [1.54, 1.807) is 12.1 Å². The van der Waals surface area contributed by atoms with Gasteiger partial charge in [0.05, 0.1) is 5.69 Å². The largest absolute Gasteiger partial charge is 0.455 e. The molecule has 0 aliphatic carbocycles. The molecule has 1 aliphatic heterocycles. The van der Waals surface area contributed by atoms with Crippen LogP contribution in [-0.2, 0) is 4.74 Å². The first kappa shape index (κ1) is 20.4. The first-order valence-electron chi connectivity index (χ1n) is 11.7. The summed E-state index contributed by atoms with van der Waals surface area (Å²) in [7, 11) is 0. The minimum absolute atomic E-state index is 0.223. The highest BCUT2D eigenvalue weighted by atomic mass is 19.1. The van der Waals surface area contributed by atoms with Crippen molar-refractivity contribution < 1.29 is 13.5 Å². The summed E-state index contributed by atoms with van der Waals surface area (Å²) < 4.78 is 26.9. The summed E-state index contributed by atoms with van der Waals surface area (Å²) in [4.78, 5) is 4.77. The molecular formula is C29H26FNO2. The summed E-state index contributed by atoms with van der Waals surface area (Å²) in [6.45, 7) is 5.81. The Morgan fingerprint density at radius 1 is 0.909 bits per heavy atom. The highest BCUT2D eigenvalue weighted by Crippen LogP contribution is 2.41. The molecule has 2 aromatic heterocycles. The van der Waals surface area contributed by atoms with E-state index in [0.29, 0.717) is 11.8 Å². The number of benzene rings is 3. The van der Waals surface area contributed by atoms with E-state index in [-0.39, 0.29) is 5.82 Å². The normalized spacial score (nSPS) is 15.3. The smallest absolute Gasteiger partial charge is 0.144 e. The van der Waals surface area contributed by atoms with Gasteiger partial charge in [-0.15, -0.1) is 0 Å². The molecule has 3 heterocycles. The molecule has 1 saturated heterocycles. The van der Waals surface area contributed by atoms with Gasteiger partial charge in [-0.2, -0.15) is 0 Å². The van der Waals surface area contributed by atoms with Crippen LogP contribution in [0.1, 0.15) is 49.7 Å². The molecule has 166 valence electrons. The average Bonchev–Trinajstić information content (AvgIpc) is 3.22. The number of aromatic nitrogens is 1. The topological polar surface area (TPSA) is 35.3 Å². The van der Waals surface area contributed by atoms with Gasteiger partial charge < -0.3 is 9.15 Å². The molecule has 0 N–H and O–H groups in total. The number of halogens is 1. The molecule has 0 radical (unpaired) electrons. The van der Waals surface area contributed by atoms with Crippen molar-refractivity contribution in [1.29, 1.82) is 0 Å². The third kappa shape index (κ3) is 3.41. The van der Waals surface area contributed by atoms with Gasteiger partial charge in [-0.3, -0.25) is 4.98 Å². The minimum atomic E-state index is -0.223. The molecule has 6 rings (SSSR count). The maximum Gasteiger partial charge on any atom is 0.144 e. The maximum absolute atomic E-state index is 15.0. The Balaban J connectivity index is 1.67. The van der Waals surface area contributed by atoms with Gasteiger partial charge in [-0.25, -0.2) is 4.39 Å². The van der Waals surface area contributed by atoms with E-state index < -0.39 is 0 Å². The summed E-state index contributed by atoms with van der Waals surface area (Å²) in [6.07, 6.45) is 3.66. The fourth-order valence-corrected chi connectivity index (χ4v) is 5.20. The standard InChI is InChI=1S/C29H26FNO2/c1-17(2)19-13-25-22-5-3-4-6-27(22)33-29(25)26(14-19)28-24-16-20(30)15-23(21(24)7-10-31-28)18-8-11-32-12-9-18/h3-7,10,13-18H,8-9,11-12H2,1-2H3. The molecule has 3 aromatic carbocycles. The van der Waals surface area contributed by atoms with Gasteiger partial charge in [0.2, 0.25) is 0 Å². The molecule has 0 saturated carbocycles. The molecule has 1 aliphatic rings. The molecule has 0 amide bonds. The predicted molar refractivity (Wildman–Crippen MR) is 131 cm³/mol. The molecule has 1 fully saturated rings. The van der Waals surface area contributed by atoms with Crippen LogP contribution in [0.25, 0.3) is 44.0 Å². The van der Waals surface area contributed by atoms with E-state index in [2.05, 4.69) is 32.0 Å². The van der Waals surface area contributed by atoms with Crippen LogP contribution < -0.4 is 0 Å². The van der Waals surface area contributed by atoms with Crippen LogP contribution in [0.2, 0.25) is 0 Å². The second-order valence-electron chi connectivity index (χ2n) is 9.33. The molecular weight excluding hydrogens is 413 g/mol. The van der Waals surface area contributed by atoms with Crippen molar-refractivity contribution in [3.63, 3.8) is 0 Å². The van der Waals surface area contributed by atoms with Crippen molar-refractivity contribution >= 4 is 32.7 Å². The van der Waals surface area contributed by atoms with Crippen LogP contribution in [0.4, 0.5) is 4.39 Å². The highest BCUT2D eigenvalue weighted by Gasteiger charge is 2.22. The van der Waals surface area contributed by atoms with Crippen LogP contribution in [0, 0.1) is 5.82 Å². The van der Waals surface area contributed by atoms with E-state index in [9.17, 15) is 4.39 Å². The quantitative estimate of drug-likeness (QED) is 0.286. The number of furan rings is 1. The van der Waals surface area contributed by atoms with Crippen LogP contribution in [0.15, 0.2) is 65.2 Å². The zero-order valence-electron chi connectivity index (χ0n) is 18.9. The number of para-hydroxylation sites is 1. The lowest BCUT2D eigenvalue weighted by molar-refractivity contribution is 0.0855. The van der Waals surface area contributed by atoms with Gasteiger partial charge in [0.1, 0.15) is 17.0 Å². The number of hydrogen-bond acceptors (Lipinski definition) is 3. The van der Waals surface area contributed by atoms with Crippen molar-refractivity contribution in [3.05, 3.63) is 77.7 Å². The van der Waals surface area contributed by atoms with Crippen molar-refractivity contribution in [2.24, 2.45) is 0 Å². The van der Waals surface area contributed by atoms with E-state index >= 15 is 0 Å². The Morgan fingerprint density at radius 3 is 2.55 bits per heavy atom. The number of pyridine rings is 1. The zero-order chi connectivity index (χ0) is 22.5. The van der Waals surface area contributed by atoms with Crippen molar-refractivity contribution in [1.82, 2.24) is 4.98 Å². The molecule has 4 heteroatoms. The summed E-state index contributed by atoms with van der Waals surface area (Å²) >= 11 is 0. The van der Waals surface area contributed by atoms with E-state index in [1.165, 1.54) is 5.56 Å². The summed E-state index contributed by atoms with van der Waals surface area (Å²) in [5.74, 6) is 0.408. The van der Waals surface area contributed by atoms with Crippen LogP contribution >= 0.6 is 0 Å². The average molecular weight is 440 g/mol. The predicted octanol–water partition coefficient (Wildman–Crippen LogP) is 7.96. The van der Waals surface area contributed by atoms with Crippen molar-refractivity contribution in [3.8, 4) is 11.3 Å². The summed E-state index contributed by atoms with van der Waals surface area (Å²) in [5.41, 5.74) is 5.61. The minimum Gasteiger partial charge on any atom is -0.455 e. The molecule has 0 atom stereocenters. The van der Waals surface area contributed by atoms with Gasteiger partial charge in [-0.1, -0.05) is 32.0 Å². The Kier molecular flexibility index (Phi) is 4.92. The molecule has 0 unspecified atom stereocenters. The van der Waals surface area contributed by atoms with E-state index in [0.717, 1.165) is 75.6 Å². The molecule has 0 bridgehead atoms. The van der Waals surface area contributed by atoms with Gasteiger partial charge >= 0.3 is 0 Å². The number of nitrogens with zero attached hydrogens (tertiary/aromatic N) is 1. The summed E-state index contributed by atoms with van der Waals surface area (Å²) in [5, 5.41) is 4.06. The van der Waals surface area contributed by atoms with E-state index in [4.69, 9.17) is 14.1 Å². The van der Waals surface area contributed by atoms with Gasteiger partial charge in [0.25, 0.3) is 0 Å². The van der Waals surface area contributed by atoms with Crippen molar-refractivity contribution in [2.45, 2.75) is 38.5 Å². The second kappa shape index (κ2) is 7.96. The Hall–Kier alpha value is -3.24. The zero-order valence-corrected chi connectivity index (χ0v) is 18.9. The molecule has 0 spiro atoms. The summed E-state index contributed by atoms with van der Waals surface area (Å²) in [6, 6.07) is 17.8. The van der Waals surface area contributed by atoms with Crippen LogP contribution in [-0.4, -0.2) is 18.2 Å². The van der Waals surface area contributed by atoms with Crippen molar-refractivity contribution in [2.75, 3.05) is 13.2 Å². The second-order valence-corrected chi connectivity index (χ2v) is 9.33. The third-order valence-corrected chi connectivity index (χ3v) is 6.96. The molecule has 5 aromatic rings. The van der Waals surface area contributed by atoms with Gasteiger partial charge in [0, 0.05) is 41.1 Å². The molecule has 3 nitrogen and oxygen atoms in total. The lowest BCUT2D eigenvalue weighted by Crippen LogP contribution is -2.14. The lowest BCUT2D eigenvalue weighted by Gasteiger charge is -2.24. The Bertz CT molecular complexity index is 1490. The molecule has 33 heavy (non-hydrogen) atoms. The first-order chi connectivity index (χ1) is 16.1. The monoisotopic (exact) mass is 439 g/mol. The highest BCUT2D eigenvalue weighted by molar-refractivity contribution is 6.12. The van der Waals surface area contributed by atoms with E-state index in [1.807, 2.05) is 30.5 Å². The van der Waals surface area contributed by atoms with Gasteiger partial charge in [-0.05, 0) is 77.6 Å². The van der Waals surface area contributed by atoms with Gasteiger partial charge in [0.15, 0.2) is 0 Å². The SMILES string of the molecule is CC(C)c1cc(-c2nccc3c(C4CCOCC4)cc(F)cc23)c2oc3ccccc3c2c1. The third-order valence-electron chi connectivity index (χ3n) is 6.96. The number of ether oxygens (including phenoxy) is 1. The lowest BCUT2D eigenvalue weighted by atomic mass is 9.87. The maximum atomic E-state index is 15.0. The van der Waals surface area contributed by atoms with Crippen LogP contribution in [0.5, 0.6) is 0 Å². The fourth-order valence-electron chi connectivity index (χ4n) is 5.20. The number of fused-ring (bicyclic) bond motifs is 4. The van der Waals surface area contributed by atoms with Crippen LogP contribution in [0.3, 0.4) is 0 Å². The fraction of sp³-hybridized carbons (Fsp3) is 0.276.